The fourth-order valence-corrected chi connectivity index (χ4v) is 3.45. The third-order valence-corrected chi connectivity index (χ3v) is 4.82. The van der Waals surface area contributed by atoms with E-state index in [1.807, 2.05) is 45.0 Å². The van der Waals surface area contributed by atoms with Gasteiger partial charge in [-0.25, -0.2) is 4.98 Å². The fourth-order valence-electron chi connectivity index (χ4n) is 2.54. The maximum Gasteiger partial charge on any atom is 0.246 e. The topological polar surface area (TPSA) is 63.9 Å². The number of fused-ring (bicyclic) bond motifs is 1. The Morgan fingerprint density at radius 2 is 1.87 bits per heavy atom. The van der Waals surface area contributed by atoms with Crippen molar-refractivity contribution < 1.29 is 4.79 Å². The molecule has 2 aromatic heterocycles. The molecule has 0 saturated heterocycles. The molecular weight excluding hydrogens is 310 g/mol. The summed E-state index contributed by atoms with van der Waals surface area (Å²) in [6.45, 7) is 6.13. The van der Waals surface area contributed by atoms with E-state index in [2.05, 4.69) is 15.2 Å². The molecule has 0 radical (unpaired) electrons. The van der Waals surface area contributed by atoms with Crippen LogP contribution in [-0.4, -0.2) is 37.8 Å². The zero-order chi connectivity index (χ0) is 16.6. The van der Waals surface area contributed by atoms with Crippen LogP contribution in [0, 0.1) is 13.8 Å². The number of carbonyl (C=O) groups is 1. The van der Waals surface area contributed by atoms with Crippen molar-refractivity contribution in [1.82, 2.24) is 24.9 Å². The lowest BCUT2D eigenvalue weighted by atomic mass is 10.2. The number of likely N-dealkylation sites (N-methyl/N-ethyl adjacent to an activating group) is 1. The number of nitrogens with zero attached hydrogens (tertiary/aromatic N) is 5. The molecule has 1 atom stereocenters. The van der Waals surface area contributed by atoms with Crippen molar-refractivity contribution in [2.75, 3.05) is 7.05 Å². The Bertz CT molecular complexity index is 820. The van der Waals surface area contributed by atoms with Gasteiger partial charge in [0.2, 0.25) is 5.91 Å². The summed E-state index contributed by atoms with van der Waals surface area (Å²) in [6, 6.07) is 7.52. The number of carbonyl (C=O) groups excluding carboxylic acids is 1. The van der Waals surface area contributed by atoms with Crippen LogP contribution in [0.2, 0.25) is 0 Å². The molecule has 3 aromatic rings. The van der Waals surface area contributed by atoms with E-state index >= 15 is 0 Å². The van der Waals surface area contributed by atoms with Crippen LogP contribution in [0.5, 0.6) is 0 Å². The molecule has 2 heterocycles. The predicted molar refractivity (Wildman–Crippen MR) is 90.3 cm³/mol. The normalized spacial score (nSPS) is 12.5. The van der Waals surface area contributed by atoms with Crippen molar-refractivity contribution >= 4 is 28.3 Å². The van der Waals surface area contributed by atoms with Crippen LogP contribution in [0.25, 0.3) is 11.0 Å². The first-order chi connectivity index (χ1) is 11.0. The van der Waals surface area contributed by atoms with Crippen LogP contribution in [-0.2, 0) is 11.3 Å². The average molecular weight is 329 g/mol. The molecule has 0 aliphatic rings. The summed E-state index contributed by atoms with van der Waals surface area (Å²) in [4.78, 5) is 21.4. The maximum atomic E-state index is 12.5. The predicted octanol–water partition coefficient (Wildman–Crippen LogP) is 2.72. The molecule has 7 heteroatoms. The minimum atomic E-state index is -0.0718. The summed E-state index contributed by atoms with van der Waals surface area (Å²) in [7, 11) is 1.80. The standard InChI is InChI=1S/C16H19N5OS/c1-10(16-11(2)23-12(3)17-16)20(4)15(22)9-21-18-13-7-5-6-8-14(13)19-21/h5-8,10H,9H2,1-4H3. The third kappa shape index (κ3) is 3.10. The lowest BCUT2D eigenvalue weighted by Gasteiger charge is -2.24. The zero-order valence-corrected chi connectivity index (χ0v) is 14.5. The molecular formula is C16H19N5OS. The molecule has 3 rings (SSSR count). The lowest BCUT2D eigenvalue weighted by molar-refractivity contribution is -0.132. The van der Waals surface area contributed by atoms with E-state index in [1.54, 1.807) is 23.3 Å². The summed E-state index contributed by atoms with van der Waals surface area (Å²) in [6.07, 6.45) is 0. The second-order valence-corrected chi connectivity index (χ2v) is 6.98. The van der Waals surface area contributed by atoms with E-state index in [0.29, 0.717) is 0 Å². The van der Waals surface area contributed by atoms with E-state index in [-0.39, 0.29) is 18.5 Å². The quantitative estimate of drug-likeness (QED) is 0.738. The number of rotatable bonds is 4. The summed E-state index contributed by atoms with van der Waals surface area (Å²) in [5.74, 6) is -0.0390. The molecule has 1 amide bonds. The maximum absolute atomic E-state index is 12.5. The van der Waals surface area contributed by atoms with Crippen molar-refractivity contribution in [2.45, 2.75) is 33.4 Å². The molecule has 0 spiro atoms. The molecule has 120 valence electrons. The van der Waals surface area contributed by atoms with Crippen LogP contribution >= 0.6 is 11.3 Å². The number of aromatic nitrogens is 4. The minimum Gasteiger partial charge on any atom is -0.336 e. The monoisotopic (exact) mass is 329 g/mol. The summed E-state index contributed by atoms with van der Waals surface area (Å²) < 4.78 is 0. The van der Waals surface area contributed by atoms with Crippen LogP contribution < -0.4 is 0 Å². The minimum absolute atomic E-state index is 0.0390. The Balaban J connectivity index is 1.75. The lowest BCUT2D eigenvalue weighted by Crippen LogP contribution is -2.33. The molecule has 0 aliphatic carbocycles. The second-order valence-electron chi connectivity index (χ2n) is 5.57. The Morgan fingerprint density at radius 3 is 2.39 bits per heavy atom. The van der Waals surface area contributed by atoms with Gasteiger partial charge in [0.05, 0.1) is 16.7 Å². The highest BCUT2D eigenvalue weighted by atomic mass is 32.1. The van der Waals surface area contributed by atoms with Gasteiger partial charge in [-0.2, -0.15) is 15.0 Å². The summed E-state index contributed by atoms with van der Waals surface area (Å²) in [5, 5.41) is 9.69. The highest BCUT2D eigenvalue weighted by molar-refractivity contribution is 7.11. The van der Waals surface area contributed by atoms with Gasteiger partial charge in [0.1, 0.15) is 17.6 Å². The van der Waals surface area contributed by atoms with E-state index in [0.717, 1.165) is 26.6 Å². The van der Waals surface area contributed by atoms with Crippen molar-refractivity contribution in [3.05, 3.63) is 39.8 Å². The highest BCUT2D eigenvalue weighted by Gasteiger charge is 2.22. The van der Waals surface area contributed by atoms with Gasteiger partial charge < -0.3 is 4.90 Å². The van der Waals surface area contributed by atoms with Gasteiger partial charge in [-0.1, -0.05) is 12.1 Å². The van der Waals surface area contributed by atoms with E-state index < -0.39 is 0 Å². The van der Waals surface area contributed by atoms with E-state index in [9.17, 15) is 4.79 Å². The molecule has 1 aromatic carbocycles. The zero-order valence-electron chi connectivity index (χ0n) is 13.6. The van der Waals surface area contributed by atoms with Gasteiger partial charge in [0.25, 0.3) is 0 Å². The third-order valence-electron chi connectivity index (χ3n) is 3.91. The summed E-state index contributed by atoms with van der Waals surface area (Å²) >= 11 is 1.65. The molecule has 1 unspecified atom stereocenters. The molecule has 0 saturated carbocycles. The van der Waals surface area contributed by atoms with Crippen LogP contribution in [0.1, 0.15) is 28.5 Å². The van der Waals surface area contributed by atoms with Gasteiger partial charge in [-0.3, -0.25) is 4.79 Å². The molecule has 0 fully saturated rings. The number of benzene rings is 1. The largest absolute Gasteiger partial charge is 0.336 e. The van der Waals surface area contributed by atoms with Crippen molar-refractivity contribution in [3.63, 3.8) is 0 Å². The first-order valence-electron chi connectivity index (χ1n) is 7.45. The van der Waals surface area contributed by atoms with Gasteiger partial charge in [-0.05, 0) is 32.9 Å². The number of amides is 1. The van der Waals surface area contributed by atoms with Crippen LogP contribution in [0.4, 0.5) is 0 Å². The van der Waals surface area contributed by atoms with Gasteiger partial charge in [-0.15, -0.1) is 11.3 Å². The molecule has 0 bridgehead atoms. The SMILES string of the molecule is Cc1nc(C(C)N(C)C(=O)Cn2nc3ccccc3n2)c(C)s1. The number of hydrogen-bond acceptors (Lipinski definition) is 5. The molecule has 0 aliphatic heterocycles. The first-order valence-corrected chi connectivity index (χ1v) is 8.27. The van der Waals surface area contributed by atoms with Gasteiger partial charge >= 0.3 is 0 Å². The fraction of sp³-hybridized carbons (Fsp3) is 0.375. The van der Waals surface area contributed by atoms with Crippen LogP contribution in [0.3, 0.4) is 0 Å². The number of hydrogen-bond donors (Lipinski definition) is 0. The van der Waals surface area contributed by atoms with Crippen molar-refractivity contribution in [3.8, 4) is 0 Å². The van der Waals surface area contributed by atoms with E-state index in [1.165, 1.54) is 4.80 Å². The number of aryl methyl sites for hydroxylation is 2. The smallest absolute Gasteiger partial charge is 0.246 e. The Morgan fingerprint density at radius 1 is 1.26 bits per heavy atom. The second kappa shape index (κ2) is 6.08. The molecule has 6 nitrogen and oxygen atoms in total. The first kappa shape index (κ1) is 15.6. The Labute approximate surface area is 138 Å². The van der Waals surface area contributed by atoms with Crippen molar-refractivity contribution in [2.24, 2.45) is 0 Å². The average Bonchev–Trinajstić information content (AvgIpc) is 3.07. The van der Waals surface area contributed by atoms with E-state index in [4.69, 9.17) is 0 Å². The Hall–Kier alpha value is -2.28. The number of thiazole rings is 1. The van der Waals surface area contributed by atoms with Gasteiger partial charge in [0.15, 0.2) is 0 Å². The molecule has 0 N–H and O–H groups in total. The van der Waals surface area contributed by atoms with Crippen LogP contribution in [0.15, 0.2) is 24.3 Å². The van der Waals surface area contributed by atoms with Crippen molar-refractivity contribution in [1.29, 1.82) is 0 Å². The Kier molecular flexibility index (Phi) is 4.12. The summed E-state index contributed by atoms with van der Waals surface area (Å²) in [5.41, 5.74) is 2.55. The molecule has 23 heavy (non-hydrogen) atoms. The van der Waals surface area contributed by atoms with Gasteiger partial charge in [0, 0.05) is 11.9 Å². The highest BCUT2D eigenvalue weighted by Crippen LogP contribution is 2.26.